The minimum Gasteiger partial charge on any atom is -0.376 e. The van der Waals surface area contributed by atoms with E-state index in [1.807, 2.05) is 12.1 Å². The van der Waals surface area contributed by atoms with Crippen LogP contribution in [0.5, 0.6) is 0 Å². The van der Waals surface area contributed by atoms with Gasteiger partial charge >= 0.3 is 0 Å². The average Bonchev–Trinajstić information content (AvgIpc) is 3.48. The smallest absolute Gasteiger partial charge is 0.224 e. The van der Waals surface area contributed by atoms with Crippen molar-refractivity contribution < 1.29 is 9.53 Å². The summed E-state index contributed by atoms with van der Waals surface area (Å²) in [6, 6.07) is 16.9. The number of ether oxygens (including phenoxy) is 1. The lowest BCUT2D eigenvalue weighted by Gasteiger charge is -2.31. The fourth-order valence-corrected chi connectivity index (χ4v) is 4.28. The molecule has 1 aliphatic carbocycles. The third-order valence-electron chi connectivity index (χ3n) is 5.61. The van der Waals surface area contributed by atoms with Gasteiger partial charge in [-0.3, -0.25) is 9.69 Å². The number of rotatable bonds is 6. The summed E-state index contributed by atoms with van der Waals surface area (Å²) in [5.41, 5.74) is 3.71. The molecule has 1 saturated carbocycles. The number of hydrogen-bond acceptors (Lipinski definition) is 3. The minimum atomic E-state index is 0.110. The van der Waals surface area contributed by atoms with Crippen LogP contribution in [0.15, 0.2) is 53.0 Å². The molecule has 28 heavy (non-hydrogen) atoms. The van der Waals surface area contributed by atoms with E-state index in [1.165, 1.54) is 11.1 Å². The van der Waals surface area contributed by atoms with Crippen LogP contribution in [-0.4, -0.2) is 36.6 Å². The number of halogens is 1. The molecule has 4 rings (SSSR count). The van der Waals surface area contributed by atoms with E-state index >= 15 is 0 Å². The number of nitrogens with zero attached hydrogens (tertiary/aromatic N) is 1. The first-order valence-electron chi connectivity index (χ1n) is 10.0. The lowest BCUT2D eigenvalue weighted by atomic mass is 10.1. The second-order valence-electron chi connectivity index (χ2n) is 7.95. The molecule has 1 saturated heterocycles. The molecule has 0 radical (unpaired) electrons. The second kappa shape index (κ2) is 8.76. The van der Waals surface area contributed by atoms with Crippen molar-refractivity contribution in [2.45, 2.75) is 38.5 Å². The first kappa shape index (κ1) is 19.6. The van der Waals surface area contributed by atoms with Crippen LogP contribution in [0.3, 0.4) is 0 Å². The quantitative estimate of drug-likeness (QED) is 0.732. The van der Waals surface area contributed by atoms with Gasteiger partial charge in [0.2, 0.25) is 5.91 Å². The average molecular weight is 443 g/mol. The Labute approximate surface area is 175 Å². The van der Waals surface area contributed by atoms with Crippen LogP contribution in [0.2, 0.25) is 0 Å². The van der Waals surface area contributed by atoms with Gasteiger partial charge in [0.15, 0.2) is 0 Å². The summed E-state index contributed by atoms with van der Waals surface area (Å²) in [5.74, 6) is 0.641. The maximum absolute atomic E-state index is 12.5. The van der Waals surface area contributed by atoms with E-state index in [1.54, 1.807) is 0 Å². The van der Waals surface area contributed by atoms with Gasteiger partial charge in [-0.15, -0.1) is 0 Å². The predicted molar refractivity (Wildman–Crippen MR) is 114 cm³/mol. The number of nitrogens with one attached hydrogen (secondary N) is 1. The molecule has 1 aliphatic heterocycles. The Bertz CT molecular complexity index is 824. The SMILES string of the molecule is CC1CN(Cc2cccc(CNC(=O)C3CC3c3ccc(Br)cc3)c2)CCO1. The van der Waals surface area contributed by atoms with Crippen molar-refractivity contribution in [3.8, 4) is 0 Å². The minimum absolute atomic E-state index is 0.110. The first-order chi connectivity index (χ1) is 13.6. The van der Waals surface area contributed by atoms with Gasteiger partial charge in [0.1, 0.15) is 0 Å². The summed E-state index contributed by atoms with van der Waals surface area (Å²) < 4.78 is 6.69. The van der Waals surface area contributed by atoms with E-state index in [0.717, 1.165) is 42.7 Å². The van der Waals surface area contributed by atoms with Crippen LogP contribution in [0.4, 0.5) is 0 Å². The number of morpholine rings is 1. The van der Waals surface area contributed by atoms with E-state index in [0.29, 0.717) is 18.6 Å². The van der Waals surface area contributed by atoms with Gasteiger partial charge in [-0.05, 0) is 48.1 Å². The molecular weight excluding hydrogens is 416 g/mol. The summed E-state index contributed by atoms with van der Waals surface area (Å²) in [6.45, 7) is 6.40. The molecule has 0 spiro atoms. The topological polar surface area (TPSA) is 41.6 Å². The standard InChI is InChI=1S/C23H27BrN2O2/c1-16-14-26(9-10-28-16)15-18-4-2-3-17(11-18)13-25-23(27)22-12-21(22)19-5-7-20(24)8-6-19/h2-8,11,16,21-22H,9-10,12-15H2,1H3,(H,25,27). The van der Waals surface area contributed by atoms with Crippen LogP contribution in [-0.2, 0) is 22.6 Å². The Morgan fingerprint density at radius 2 is 2.00 bits per heavy atom. The third-order valence-corrected chi connectivity index (χ3v) is 6.14. The highest BCUT2D eigenvalue weighted by atomic mass is 79.9. The Morgan fingerprint density at radius 3 is 2.79 bits per heavy atom. The molecule has 2 aromatic rings. The Balaban J connectivity index is 1.28. The first-order valence-corrected chi connectivity index (χ1v) is 10.8. The molecule has 1 amide bonds. The summed E-state index contributed by atoms with van der Waals surface area (Å²) in [4.78, 5) is 15.0. The van der Waals surface area contributed by atoms with Crippen LogP contribution >= 0.6 is 15.9 Å². The number of carbonyl (C=O) groups is 1. The van der Waals surface area contributed by atoms with E-state index in [-0.39, 0.29) is 11.8 Å². The highest BCUT2D eigenvalue weighted by Crippen LogP contribution is 2.47. The third kappa shape index (κ3) is 5.02. The number of carbonyl (C=O) groups excluding carboxylic acids is 1. The highest BCUT2D eigenvalue weighted by Gasteiger charge is 2.43. The maximum Gasteiger partial charge on any atom is 0.224 e. The summed E-state index contributed by atoms with van der Waals surface area (Å²) in [6.07, 6.45) is 1.25. The maximum atomic E-state index is 12.5. The van der Waals surface area contributed by atoms with E-state index < -0.39 is 0 Å². The molecule has 0 bridgehead atoms. The van der Waals surface area contributed by atoms with Gasteiger partial charge < -0.3 is 10.1 Å². The Hall–Kier alpha value is -1.69. The summed E-state index contributed by atoms with van der Waals surface area (Å²) in [5, 5.41) is 3.13. The highest BCUT2D eigenvalue weighted by molar-refractivity contribution is 9.10. The lowest BCUT2D eigenvalue weighted by Crippen LogP contribution is -2.40. The van der Waals surface area contributed by atoms with Crippen molar-refractivity contribution >= 4 is 21.8 Å². The van der Waals surface area contributed by atoms with Gasteiger partial charge in [-0.25, -0.2) is 0 Å². The van der Waals surface area contributed by atoms with Crippen LogP contribution in [0, 0.1) is 5.92 Å². The molecular formula is C23H27BrN2O2. The van der Waals surface area contributed by atoms with Crippen molar-refractivity contribution in [1.82, 2.24) is 10.2 Å². The zero-order valence-corrected chi connectivity index (χ0v) is 17.8. The molecule has 3 atom stereocenters. The van der Waals surface area contributed by atoms with Crippen molar-refractivity contribution in [3.05, 3.63) is 69.7 Å². The Morgan fingerprint density at radius 1 is 1.21 bits per heavy atom. The van der Waals surface area contributed by atoms with Crippen molar-refractivity contribution in [2.24, 2.45) is 5.92 Å². The largest absolute Gasteiger partial charge is 0.376 e. The molecule has 4 nitrogen and oxygen atoms in total. The number of amides is 1. The van der Waals surface area contributed by atoms with Crippen molar-refractivity contribution in [3.63, 3.8) is 0 Å². The van der Waals surface area contributed by atoms with Gasteiger partial charge in [-0.1, -0.05) is 52.3 Å². The Kier molecular flexibility index (Phi) is 6.14. The zero-order valence-electron chi connectivity index (χ0n) is 16.2. The molecule has 0 aromatic heterocycles. The van der Waals surface area contributed by atoms with Gasteiger partial charge in [0, 0.05) is 36.6 Å². The van der Waals surface area contributed by atoms with Crippen molar-refractivity contribution in [1.29, 1.82) is 0 Å². The molecule has 1 N–H and O–H groups in total. The molecule has 1 heterocycles. The molecule has 148 valence electrons. The van der Waals surface area contributed by atoms with E-state index in [2.05, 4.69) is 69.5 Å². The predicted octanol–water partition coefficient (Wildman–Crippen LogP) is 4.09. The van der Waals surface area contributed by atoms with Gasteiger partial charge in [0.25, 0.3) is 0 Å². The van der Waals surface area contributed by atoms with Crippen LogP contribution in [0.1, 0.15) is 36.0 Å². The van der Waals surface area contributed by atoms with Gasteiger partial charge in [-0.2, -0.15) is 0 Å². The summed E-state index contributed by atoms with van der Waals surface area (Å²) >= 11 is 3.46. The lowest BCUT2D eigenvalue weighted by molar-refractivity contribution is -0.122. The van der Waals surface area contributed by atoms with Gasteiger partial charge in [0.05, 0.1) is 12.7 Å². The molecule has 2 fully saturated rings. The van der Waals surface area contributed by atoms with Crippen molar-refractivity contribution in [2.75, 3.05) is 19.7 Å². The normalized spacial score (nSPS) is 24.7. The number of benzene rings is 2. The molecule has 2 aliphatic rings. The fourth-order valence-electron chi connectivity index (χ4n) is 4.01. The molecule has 5 heteroatoms. The van der Waals surface area contributed by atoms with Crippen LogP contribution in [0.25, 0.3) is 0 Å². The summed E-state index contributed by atoms with van der Waals surface area (Å²) in [7, 11) is 0. The fraction of sp³-hybridized carbons (Fsp3) is 0.435. The van der Waals surface area contributed by atoms with Crippen LogP contribution < -0.4 is 5.32 Å². The molecule has 2 aromatic carbocycles. The molecule has 3 unspecified atom stereocenters. The number of hydrogen-bond donors (Lipinski definition) is 1. The monoisotopic (exact) mass is 442 g/mol. The second-order valence-corrected chi connectivity index (χ2v) is 8.87. The van der Waals surface area contributed by atoms with E-state index in [9.17, 15) is 4.79 Å². The van der Waals surface area contributed by atoms with E-state index in [4.69, 9.17) is 4.74 Å². The zero-order chi connectivity index (χ0) is 19.5.